The molecule has 0 fully saturated rings. The van der Waals surface area contributed by atoms with Gasteiger partial charge in [0.25, 0.3) is 0 Å². The molecule has 0 radical (unpaired) electrons. The fraction of sp³-hybridized carbons (Fsp3) is 0.333. The Hall–Kier alpha value is -3.16. The molecule has 0 atom stereocenters. The van der Waals surface area contributed by atoms with Crippen molar-refractivity contribution >= 4 is 11.9 Å². The highest BCUT2D eigenvalue weighted by atomic mass is 19.1. The molecule has 0 spiro atoms. The standard InChI is InChI=1S/C21H22F2N2O4/c1-21(2,3)29-20(27)25-10-9-24-19(25)13-7-8-17(15(22)11-13)28-12-14-5-4-6-16(26)18(14)23/h4-8,11,26H,9-10,12H2,1-3H3. The molecule has 0 aromatic heterocycles. The van der Waals surface area contributed by atoms with Crippen molar-refractivity contribution in [3.8, 4) is 11.5 Å². The molecule has 1 N–H and O–H groups in total. The third-order valence-electron chi connectivity index (χ3n) is 4.09. The molecule has 1 aliphatic rings. The van der Waals surface area contributed by atoms with E-state index in [0.29, 0.717) is 24.5 Å². The molecule has 1 heterocycles. The van der Waals surface area contributed by atoms with E-state index >= 15 is 0 Å². The van der Waals surface area contributed by atoms with Crippen molar-refractivity contribution in [2.45, 2.75) is 33.0 Å². The van der Waals surface area contributed by atoms with Gasteiger partial charge in [-0.15, -0.1) is 0 Å². The van der Waals surface area contributed by atoms with Crippen LogP contribution in [0.15, 0.2) is 41.4 Å². The van der Waals surface area contributed by atoms with Crippen molar-refractivity contribution in [3.05, 3.63) is 59.2 Å². The number of ether oxygens (including phenoxy) is 2. The Bertz CT molecular complexity index is 954. The van der Waals surface area contributed by atoms with E-state index in [1.807, 2.05) is 0 Å². The number of phenols is 1. The number of carbonyl (C=O) groups is 1. The van der Waals surface area contributed by atoms with E-state index in [4.69, 9.17) is 9.47 Å². The van der Waals surface area contributed by atoms with Gasteiger partial charge in [0.15, 0.2) is 23.1 Å². The first-order chi connectivity index (χ1) is 13.7. The third kappa shape index (κ3) is 4.82. The monoisotopic (exact) mass is 404 g/mol. The Kier molecular flexibility index (Phi) is 5.72. The number of hydrogen-bond donors (Lipinski definition) is 1. The fourth-order valence-corrected chi connectivity index (χ4v) is 2.78. The van der Waals surface area contributed by atoms with Crippen molar-refractivity contribution in [1.29, 1.82) is 0 Å². The second-order valence-corrected chi connectivity index (χ2v) is 7.52. The Morgan fingerprint density at radius 2 is 2.00 bits per heavy atom. The van der Waals surface area contributed by atoms with Crippen LogP contribution in [0.5, 0.6) is 11.5 Å². The summed E-state index contributed by atoms with van der Waals surface area (Å²) in [4.78, 5) is 18.0. The van der Waals surface area contributed by atoms with Crippen LogP contribution in [0.25, 0.3) is 0 Å². The maximum Gasteiger partial charge on any atom is 0.416 e. The molecule has 0 saturated carbocycles. The predicted molar refractivity (Wildman–Crippen MR) is 103 cm³/mol. The van der Waals surface area contributed by atoms with Gasteiger partial charge in [-0.1, -0.05) is 12.1 Å². The summed E-state index contributed by atoms with van der Waals surface area (Å²) in [5.74, 6) is -1.74. The molecule has 6 nitrogen and oxygen atoms in total. The zero-order valence-electron chi connectivity index (χ0n) is 16.4. The Labute approximate surface area is 167 Å². The molecule has 2 aromatic rings. The molecule has 29 heavy (non-hydrogen) atoms. The number of aromatic hydroxyl groups is 1. The van der Waals surface area contributed by atoms with Gasteiger partial charge in [0.1, 0.15) is 18.0 Å². The van der Waals surface area contributed by atoms with Crippen molar-refractivity contribution < 1.29 is 28.2 Å². The van der Waals surface area contributed by atoms with Gasteiger partial charge in [-0.05, 0) is 45.0 Å². The van der Waals surface area contributed by atoms with Gasteiger partial charge in [0, 0.05) is 11.1 Å². The van der Waals surface area contributed by atoms with E-state index < -0.39 is 29.1 Å². The first-order valence-corrected chi connectivity index (χ1v) is 9.10. The van der Waals surface area contributed by atoms with Crippen LogP contribution >= 0.6 is 0 Å². The number of hydrogen-bond acceptors (Lipinski definition) is 5. The molecule has 0 unspecified atom stereocenters. The summed E-state index contributed by atoms with van der Waals surface area (Å²) in [6.45, 7) is 5.78. The fourth-order valence-electron chi connectivity index (χ4n) is 2.78. The highest BCUT2D eigenvalue weighted by Crippen LogP contribution is 2.25. The zero-order valence-corrected chi connectivity index (χ0v) is 16.4. The van der Waals surface area contributed by atoms with E-state index in [2.05, 4.69) is 4.99 Å². The normalized spacial score (nSPS) is 14.0. The van der Waals surface area contributed by atoms with Gasteiger partial charge < -0.3 is 14.6 Å². The molecular weight excluding hydrogens is 382 g/mol. The van der Waals surface area contributed by atoms with Gasteiger partial charge in [-0.25, -0.2) is 13.6 Å². The van der Waals surface area contributed by atoms with Gasteiger partial charge in [-0.3, -0.25) is 9.89 Å². The first-order valence-electron chi connectivity index (χ1n) is 9.10. The number of halogens is 2. The van der Waals surface area contributed by atoms with E-state index in [9.17, 15) is 18.7 Å². The summed E-state index contributed by atoms with van der Waals surface area (Å²) in [5, 5.41) is 9.39. The van der Waals surface area contributed by atoms with E-state index in [1.165, 1.54) is 35.2 Å². The average molecular weight is 404 g/mol. The summed E-state index contributed by atoms with van der Waals surface area (Å²) in [5.41, 5.74) is -0.152. The average Bonchev–Trinajstić information content (AvgIpc) is 3.12. The third-order valence-corrected chi connectivity index (χ3v) is 4.09. The summed E-state index contributed by atoms with van der Waals surface area (Å²) >= 11 is 0. The molecule has 154 valence electrons. The van der Waals surface area contributed by atoms with Crippen LogP contribution in [0, 0.1) is 11.6 Å². The van der Waals surface area contributed by atoms with Crippen molar-refractivity contribution in [2.75, 3.05) is 13.1 Å². The SMILES string of the molecule is CC(C)(C)OC(=O)N1CCN=C1c1ccc(OCc2cccc(O)c2F)c(F)c1. The van der Waals surface area contributed by atoms with Crippen molar-refractivity contribution in [2.24, 2.45) is 4.99 Å². The topological polar surface area (TPSA) is 71.4 Å². The lowest BCUT2D eigenvalue weighted by Gasteiger charge is -2.25. The number of benzene rings is 2. The summed E-state index contributed by atoms with van der Waals surface area (Å²) in [6, 6.07) is 8.29. The molecule has 1 aliphatic heterocycles. The number of rotatable bonds is 4. The highest BCUT2D eigenvalue weighted by Gasteiger charge is 2.29. The molecule has 0 bridgehead atoms. The van der Waals surface area contributed by atoms with Crippen LogP contribution in [0.3, 0.4) is 0 Å². The largest absolute Gasteiger partial charge is 0.505 e. The number of aliphatic imine (C=N–C) groups is 1. The smallest absolute Gasteiger partial charge is 0.416 e. The van der Waals surface area contributed by atoms with E-state index in [1.54, 1.807) is 26.8 Å². The Morgan fingerprint density at radius 1 is 1.24 bits per heavy atom. The maximum absolute atomic E-state index is 14.5. The summed E-state index contributed by atoms with van der Waals surface area (Å²) in [7, 11) is 0. The zero-order chi connectivity index (χ0) is 21.2. The second-order valence-electron chi connectivity index (χ2n) is 7.52. The maximum atomic E-state index is 14.5. The van der Waals surface area contributed by atoms with Gasteiger partial charge in [-0.2, -0.15) is 0 Å². The molecule has 3 rings (SSSR count). The number of carbonyl (C=O) groups excluding carboxylic acids is 1. The van der Waals surface area contributed by atoms with Crippen LogP contribution in [-0.2, 0) is 11.3 Å². The van der Waals surface area contributed by atoms with Crippen molar-refractivity contribution in [3.63, 3.8) is 0 Å². The molecular formula is C21H22F2N2O4. The molecule has 0 saturated heterocycles. The minimum atomic E-state index is -0.808. The molecule has 1 amide bonds. The predicted octanol–water partition coefficient (Wildman–Crippen LogP) is 4.25. The van der Waals surface area contributed by atoms with Crippen molar-refractivity contribution in [1.82, 2.24) is 4.90 Å². The lowest BCUT2D eigenvalue weighted by Crippen LogP contribution is -2.39. The number of amidine groups is 1. The van der Waals surface area contributed by atoms with Crippen LogP contribution in [0.4, 0.5) is 13.6 Å². The Balaban J connectivity index is 1.73. The summed E-state index contributed by atoms with van der Waals surface area (Å²) in [6.07, 6.45) is -0.547. The van der Waals surface area contributed by atoms with Gasteiger partial charge >= 0.3 is 6.09 Å². The van der Waals surface area contributed by atoms with Gasteiger partial charge in [0.05, 0.1) is 13.1 Å². The minimum Gasteiger partial charge on any atom is -0.505 e. The summed E-state index contributed by atoms with van der Waals surface area (Å²) < 4.78 is 39.1. The quantitative estimate of drug-likeness (QED) is 0.827. The van der Waals surface area contributed by atoms with Crippen LogP contribution in [0.2, 0.25) is 0 Å². The lowest BCUT2D eigenvalue weighted by molar-refractivity contribution is 0.0384. The Morgan fingerprint density at radius 3 is 2.69 bits per heavy atom. The lowest BCUT2D eigenvalue weighted by atomic mass is 10.1. The number of amides is 1. The molecule has 0 aliphatic carbocycles. The van der Waals surface area contributed by atoms with E-state index in [-0.39, 0.29) is 17.9 Å². The van der Waals surface area contributed by atoms with Crippen LogP contribution in [-0.4, -0.2) is 40.6 Å². The number of phenolic OH excluding ortho intramolecular Hbond substituents is 1. The van der Waals surface area contributed by atoms with Gasteiger partial charge in [0.2, 0.25) is 0 Å². The van der Waals surface area contributed by atoms with E-state index in [0.717, 1.165) is 0 Å². The second kappa shape index (κ2) is 8.06. The first kappa shape index (κ1) is 20.6. The minimum absolute atomic E-state index is 0.0843. The van der Waals surface area contributed by atoms with Crippen LogP contribution in [0.1, 0.15) is 31.9 Å². The molecule has 8 heteroatoms. The van der Waals surface area contributed by atoms with Crippen LogP contribution < -0.4 is 4.74 Å². The molecule has 2 aromatic carbocycles. The highest BCUT2D eigenvalue weighted by molar-refractivity contribution is 6.07. The number of nitrogens with zero attached hydrogens (tertiary/aromatic N) is 2.